The van der Waals surface area contributed by atoms with Gasteiger partial charge in [-0.15, -0.1) is 0 Å². The second-order valence-corrected chi connectivity index (χ2v) is 3.76. The number of piperidine rings is 1. The maximum Gasteiger partial charge on any atom is 0.0387 e. The number of aliphatic imine (C=N–C) groups is 1. The summed E-state index contributed by atoms with van der Waals surface area (Å²) in [5.74, 6) is 0. The molecular weight excluding hydrogens is 184 g/mol. The van der Waals surface area contributed by atoms with E-state index in [1.165, 1.54) is 32.4 Å². The minimum atomic E-state index is 1.03. The molecule has 0 unspecified atom stereocenters. The fourth-order valence-corrected chi connectivity index (χ4v) is 1.55. The first-order chi connectivity index (χ1) is 7.33. The number of hydrogen-bond acceptors (Lipinski definition) is 2. The summed E-state index contributed by atoms with van der Waals surface area (Å²) in [6.45, 7) is 7.98. The molecule has 0 atom stereocenters. The zero-order valence-electron chi connectivity index (χ0n) is 9.52. The summed E-state index contributed by atoms with van der Waals surface area (Å²) in [4.78, 5) is 6.61. The molecule has 0 aliphatic carbocycles. The molecule has 82 valence electrons. The first-order valence-electron chi connectivity index (χ1n) is 5.57. The van der Waals surface area contributed by atoms with Gasteiger partial charge in [0.2, 0.25) is 0 Å². The van der Waals surface area contributed by atoms with Crippen LogP contribution in [0.1, 0.15) is 26.2 Å². The van der Waals surface area contributed by atoms with Gasteiger partial charge in [0.25, 0.3) is 0 Å². The molecule has 1 rings (SSSR count). The van der Waals surface area contributed by atoms with Crippen molar-refractivity contribution in [3.63, 3.8) is 0 Å². The predicted molar refractivity (Wildman–Crippen MR) is 67.0 cm³/mol. The Morgan fingerprint density at radius 3 is 2.67 bits per heavy atom. The third-order valence-corrected chi connectivity index (χ3v) is 2.42. The van der Waals surface area contributed by atoms with Crippen molar-refractivity contribution < 1.29 is 0 Å². The van der Waals surface area contributed by atoms with Crippen molar-refractivity contribution in [1.29, 1.82) is 0 Å². The van der Waals surface area contributed by atoms with E-state index in [1.807, 2.05) is 13.0 Å². The standard InChI is InChI=1S/C13H20N2/c1-3-4-9-14-13(2)8-12-15-10-6-5-7-11-15/h3-4,8-9,12H,1,5-7,10-11H2,2H3/b9-4-,12-8+,14-13-. The summed E-state index contributed by atoms with van der Waals surface area (Å²) in [7, 11) is 0. The van der Waals surface area contributed by atoms with Crippen LogP contribution < -0.4 is 0 Å². The van der Waals surface area contributed by atoms with E-state index in [9.17, 15) is 0 Å². The molecule has 0 aromatic rings. The van der Waals surface area contributed by atoms with Crippen LogP contribution in [-0.4, -0.2) is 23.7 Å². The predicted octanol–water partition coefficient (Wildman–Crippen LogP) is 3.15. The Morgan fingerprint density at radius 1 is 1.27 bits per heavy atom. The molecule has 1 saturated heterocycles. The van der Waals surface area contributed by atoms with Gasteiger partial charge in [0, 0.05) is 31.2 Å². The molecule has 0 saturated carbocycles. The quantitative estimate of drug-likeness (QED) is 0.507. The van der Waals surface area contributed by atoms with Crippen LogP contribution in [0.3, 0.4) is 0 Å². The van der Waals surface area contributed by atoms with E-state index in [0.29, 0.717) is 0 Å². The number of rotatable bonds is 4. The van der Waals surface area contributed by atoms with Crippen molar-refractivity contribution >= 4 is 5.71 Å². The van der Waals surface area contributed by atoms with Crippen LogP contribution in [0, 0.1) is 0 Å². The molecule has 2 nitrogen and oxygen atoms in total. The Labute approximate surface area is 92.7 Å². The average Bonchev–Trinajstić information content (AvgIpc) is 2.28. The SMILES string of the molecule is C=C\C=C/N=C(C)\C=C\N1CCCCC1. The minimum Gasteiger partial charge on any atom is -0.377 e. The largest absolute Gasteiger partial charge is 0.377 e. The first kappa shape index (κ1) is 11.8. The molecule has 1 aliphatic rings. The molecular formula is C13H20N2. The van der Waals surface area contributed by atoms with E-state index in [2.05, 4.69) is 28.7 Å². The molecule has 1 heterocycles. The normalized spacial score (nSPS) is 19.0. The third kappa shape index (κ3) is 5.21. The van der Waals surface area contributed by atoms with Gasteiger partial charge in [0.15, 0.2) is 0 Å². The van der Waals surface area contributed by atoms with Gasteiger partial charge in [-0.2, -0.15) is 0 Å². The molecule has 1 aliphatic heterocycles. The van der Waals surface area contributed by atoms with E-state index in [4.69, 9.17) is 0 Å². The smallest absolute Gasteiger partial charge is 0.0387 e. The summed E-state index contributed by atoms with van der Waals surface area (Å²) in [5, 5.41) is 0. The van der Waals surface area contributed by atoms with Crippen LogP contribution in [0.4, 0.5) is 0 Å². The molecule has 2 heteroatoms. The number of hydrogen-bond donors (Lipinski definition) is 0. The van der Waals surface area contributed by atoms with Crippen molar-refractivity contribution in [2.24, 2.45) is 4.99 Å². The van der Waals surface area contributed by atoms with Crippen molar-refractivity contribution in [2.75, 3.05) is 13.1 Å². The van der Waals surface area contributed by atoms with E-state index in [1.54, 1.807) is 12.3 Å². The van der Waals surface area contributed by atoms with Crippen LogP contribution >= 0.6 is 0 Å². The van der Waals surface area contributed by atoms with Crippen LogP contribution in [0.25, 0.3) is 0 Å². The highest BCUT2D eigenvalue weighted by molar-refractivity contribution is 5.93. The molecule has 0 bridgehead atoms. The summed E-state index contributed by atoms with van der Waals surface area (Å²) >= 11 is 0. The van der Waals surface area contributed by atoms with Gasteiger partial charge < -0.3 is 4.90 Å². The zero-order chi connectivity index (χ0) is 10.9. The lowest BCUT2D eigenvalue weighted by molar-refractivity contribution is 0.310. The Kier molecular flexibility index (Phi) is 5.52. The van der Waals surface area contributed by atoms with Gasteiger partial charge in [-0.05, 0) is 38.3 Å². The summed E-state index contributed by atoms with van der Waals surface area (Å²) < 4.78 is 0. The zero-order valence-corrected chi connectivity index (χ0v) is 9.52. The number of allylic oxidation sites excluding steroid dienone is 3. The lowest BCUT2D eigenvalue weighted by Crippen LogP contribution is -2.24. The van der Waals surface area contributed by atoms with Crippen molar-refractivity contribution in [3.05, 3.63) is 37.2 Å². The third-order valence-electron chi connectivity index (χ3n) is 2.42. The Bertz CT molecular complexity index is 268. The highest BCUT2D eigenvalue weighted by Crippen LogP contribution is 2.08. The molecule has 15 heavy (non-hydrogen) atoms. The van der Waals surface area contributed by atoms with Crippen molar-refractivity contribution in [3.8, 4) is 0 Å². The molecule has 0 aromatic carbocycles. The molecule has 0 N–H and O–H groups in total. The van der Waals surface area contributed by atoms with Gasteiger partial charge in [-0.3, -0.25) is 4.99 Å². The highest BCUT2D eigenvalue weighted by Gasteiger charge is 2.04. The average molecular weight is 204 g/mol. The lowest BCUT2D eigenvalue weighted by atomic mass is 10.1. The molecule has 0 spiro atoms. The van der Waals surface area contributed by atoms with E-state index < -0.39 is 0 Å². The number of likely N-dealkylation sites (tertiary alicyclic amines) is 1. The van der Waals surface area contributed by atoms with Crippen LogP contribution in [0.15, 0.2) is 42.2 Å². The summed E-state index contributed by atoms with van der Waals surface area (Å²) in [6.07, 6.45) is 13.6. The van der Waals surface area contributed by atoms with Gasteiger partial charge in [-0.25, -0.2) is 0 Å². The Balaban J connectivity index is 2.37. The first-order valence-corrected chi connectivity index (χ1v) is 5.57. The van der Waals surface area contributed by atoms with E-state index in [0.717, 1.165) is 5.71 Å². The number of nitrogens with zero attached hydrogens (tertiary/aromatic N) is 2. The van der Waals surface area contributed by atoms with Crippen molar-refractivity contribution in [1.82, 2.24) is 4.90 Å². The van der Waals surface area contributed by atoms with E-state index >= 15 is 0 Å². The Morgan fingerprint density at radius 2 is 2.00 bits per heavy atom. The fourth-order valence-electron chi connectivity index (χ4n) is 1.55. The van der Waals surface area contributed by atoms with Gasteiger partial charge in [-0.1, -0.05) is 12.7 Å². The molecule has 0 aromatic heterocycles. The minimum absolute atomic E-state index is 1.03. The molecule has 0 radical (unpaired) electrons. The topological polar surface area (TPSA) is 15.6 Å². The van der Waals surface area contributed by atoms with E-state index in [-0.39, 0.29) is 0 Å². The van der Waals surface area contributed by atoms with Gasteiger partial charge in [0.1, 0.15) is 0 Å². The lowest BCUT2D eigenvalue weighted by Gasteiger charge is -2.24. The second-order valence-electron chi connectivity index (χ2n) is 3.76. The summed E-state index contributed by atoms with van der Waals surface area (Å²) in [5.41, 5.74) is 1.03. The van der Waals surface area contributed by atoms with Crippen LogP contribution in [0.5, 0.6) is 0 Å². The van der Waals surface area contributed by atoms with Gasteiger partial charge >= 0.3 is 0 Å². The Hall–Kier alpha value is -1.31. The van der Waals surface area contributed by atoms with Gasteiger partial charge in [0.05, 0.1) is 0 Å². The maximum atomic E-state index is 4.25. The maximum absolute atomic E-state index is 4.25. The van der Waals surface area contributed by atoms with Crippen molar-refractivity contribution in [2.45, 2.75) is 26.2 Å². The van der Waals surface area contributed by atoms with Crippen LogP contribution in [-0.2, 0) is 0 Å². The molecule has 0 amide bonds. The summed E-state index contributed by atoms with van der Waals surface area (Å²) in [6, 6.07) is 0. The fraction of sp³-hybridized carbons (Fsp3) is 0.462. The molecule has 1 fully saturated rings. The van der Waals surface area contributed by atoms with Crippen LogP contribution in [0.2, 0.25) is 0 Å². The monoisotopic (exact) mass is 204 g/mol. The highest BCUT2D eigenvalue weighted by atomic mass is 15.1. The second kappa shape index (κ2) is 7.04.